The zero-order chi connectivity index (χ0) is 15.5. The maximum absolute atomic E-state index is 3.77. The Balaban J connectivity index is 1.55. The minimum Gasteiger partial charge on any atom is -0.316 e. The van der Waals surface area contributed by atoms with E-state index in [2.05, 4.69) is 45.3 Å². The molecule has 0 aromatic heterocycles. The molecule has 0 aliphatic heterocycles. The van der Waals surface area contributed by atoms with Gasteiger partial charge in [0, 0.05) is 12.1 Å². The minimum atomic E-state index is 0.282. The van der Waals surface area contributed by atoms with E-state index in [0.717, 1.165) is 29.7 Å². The van der Waals surface area contributed by atoms with Crippen LogP contribution in [-0.2, 0) is 0 Å². The van der Waals surface area contributed by atoms with Gasteiger partial charge in [0.1, 0.15) is 0 Å². The topological polar surface area (TPSA) is 24.1 Å². The number of hydrogen-bond acceptors (Lipinski definition) is 2. The van der Waals surface area contributed by atoms with Crippen LogP contribution in [0.25, 0.3) is 0 Å². The molecule has 3 aliphatic rings. The summed E-state index contributed by atoms with van der Waals surface area (Å²) in [4.78, 5) is 0. The summed E-state index contributed by atoms with van der Waals surface area (Å²) in [6.45, 7) is 15.3. The van der Waals surface area contributed by atoms with Crippen LogP contribution < -0.4 is 10.6 Å². The summed E-state index contributed by atoms with van der Waals surface area (Å²) < 4.78 is 0. The van der Waals surface area contributed by atoms with Crippen molar-refractivity contribution in [2.24, 2.45) is 23.2 Å². The largest absolute Gasteiger partial charge is 0.316 e. The van der Waals surface area contributed by atoms with E-state index in [1.165, 1.54) is 51.6 Å². The van der Waals surface area contributed by atoms with Crippen molar-refractivity contribution in [1.82, 2.24) is 10.6 Å². The molecule has 3 saturated carbocycles. The second-order valence-corrected chi connectivity index (χ2v) is 9.25. The molecule has 0 radical (unpaired) electrons. The lowest BCUT2D eigenvalue weighted by Gasteiger charge is -2.39. The van der Waals surface area contributed by atoms with Crippen LogP contribution >= 0.6 is 0 Å². The van der Waals surface area contributed by atoms with E-state index >= 15 is 0 Å². The number of hydrogen-bond donors (Lipinski definition) is 2. The SMILES string of the molecule is CC(C)CNC(C)(C)CCC(C)CNCC12CCC(C1)C2. The molecule has 0 spiro atoms. The molecule has 1 atom stereocenters. The normalized spacial score (nSPS) is 29.7. The summed E-state index contributed by atoms with van der Waals surface area (Å²) >= 11 is 0. The van der Waals surface area contributed by atoms with Gasteiger partial charge in [-0.05, 0) is 88.6 Å². The van der Waals surface area contributed by atoms with Crippen LogP contribution in [0, 0.1) is 23.2 Å². The van der Waals surface area contributed by atoms with Crippen molar-refractivity contribution in [1.29, 1.82) is 0 Å². The fourth-order valence-electron chi connectivity index (χ4n) is 4.18. The molecule has 0 saturated heterocycles. The van der Waals surface area contributed by atoms with Gasteiger partial charge < -0.3 is 10.6 Å². The summed E-state index contributed by atoms with van der Waals surface area (Å²) in [6.07, 6.45) is 8.62. The van der Waals surface area contributed by atoms with Crippen LogP contribution in [0.5, 0.6) is 0 Å². The lowest BCUT2D eigenvalue weighted by molar-refractivity contribution is 0.139. The Hall–Kier alpha value is -0.0800. The molecule has 124 valence electrons. The van der Waals surface area contributed by atoms with Crippen molar-refractivity contribution in [3.8, 4) is 0 Å². The molecule has 0 heterocycles. The van der Waals surface area contributed by atoms with Gasteiger partial charge in [-0.3, -0.25) is 0 Å². The molecule has 3 fully saturated rings. The van der Waals surface area contributed by atoms with Gasteiger partial charge in [0.25, 0.3) is 0 Å². The van der Waals surface area contributed by atoms with Gasteiger partial charge >= 0.3 is 0 Å². The summed E-state index contributed by atoms with van der Waals surface area (Å²) in [6, 6.07) is 0. The van der Waals surface area contributed by atoms with E-state index in [4.69, 9.17) is 0 Å². The molecule has 1 unspecified atom stereocenters. The quantitative estimate of drug-likeness (QED) is 0.631. The van der Waals surface area contributed by atoms with E-state index in [1.54, 1.807) is 0 Å². The van der Waals surface area contributed by atoms with Crippen LogP contribution in [0.2, 0.25) is 0 Å². The van der Waals surface area contributed by atoms with Gasteiger partial charge in [-0.1, -0.05) is 20.8 Å². The molecule has 2 heteroatoms. The fourth-order valence-corrected chi connectivity index (χ4v) is 4.18. The Morgan fingerprint density at radius 3 is 2.43 bits per heavy atom. The van der Waals surface area contributed by atoms with Gasteiger partial charge in [-0.25, -0.2) is 0 Å². The third kappa shape index (κ3) is 5.25. The summed E-state index contributed by atoms with van der Waals surface area (Å²) in [7, 11) is 0. The zero-order valence-electron chi connectivity index (χ0n) is 15.1. The second-order valence-electron chi connectivity index (χ2n) is 9.25. The van der Waals surface area contributed by atoms with Crippen molar-refractivity contribution in [2.75, 3.05) is 19.6 Å². The highest BCUT2D eigenvalue weighted by Gasteiger charge is 2.49. The first-order valence-corrected chi connectivity index (χ1v) is 9.26. The monoisotopic (exact) mass is 294 g/mol. The Morgan fingerprint density at radius 1 is 1.14 bits per heavy atom. The van der Waals surface area contributed by atoms with E-state index in [0.29, 0.717) is 0 Å². The van der Waals surface area contributed by atoms with E-state index in [1.807, 2.05) is 0 Å². The molecular formula is C19H38N2. The van der Waals surface area contributed by atoms with E-state index in [-0.39, 0.29) is 5.54 Å². The van der Waals surface area contributed by atoms with Crippen molar-refractivity contribution >= 4 is 0 Å². The number of nitrogens with one attached hydrogen (secondary N) is 2. The Labute approximate surface area is 132 Å². The zero-order valence-corrected chi connectivity index (χ0v) is 15.1. The van der Waals surface area contributed by atoms with Crippen LogP contribution in [0.1, 0.15) is 73.1 Å². The van der Waals surface area contributed by atoms with Gasteiger partial charge in [0.2, 0.25) is 0 Å². The average Bonchev–Trinajstić information content (AvgIpc) is 2.94. The highest BCUT2D eigenvalue weighted by molar-refractivity contribution is 5.01. The highest BCUT2D eigenvalue weighted by atomic mass is 15.0. The maximum Gasteiger partial charge on any atom is 0.0125 e. The van der Waals surface area contributed by atoms with Gasteiger partial charge in [-0.15, -0.1) is 0 Å². The first kappa shape index (κ1) is 17.3. The highest BCUT2D eigenvalue weighted by Crippen LogP contribution is 2.58. The molecule has 21 heavy (non-hydrogen) atoms. The minimum absolute atomic E-state index is 0.282. The van der Waals surface area contributed by atoms with Gasteiger partial charge in [0.05, 0.1) is 0 Å². The fraction of sp³-hybridized carbons (Fsp3) is 1.00. The van der Waals surface area contributed by atoms with Crippen molar-refractivity contribution in [3.63, 3.8) is 0 Å². The molecule has 2 bridgehead atoms. The standard InChI is InChI=1S/C19H38N2/c1-15(2)12-21-18(4,5)8-6-16(3)13-20-14-19-9-7-17(10-19)11-19/h15-17,20-21H,6-14H2,1-5H3. The van der Waals surface area contributed by atoms with Crippen LogP contribution in [0.3, 0.4) is 0 Å². The van der Waals surface area contributed by atoms with Crippen LogP contribution in [0.15, 0.2) is 0 Å². The smallest absolute Gasteiger partial charge is 0.0125 e. The predicted octanol–water partition coefficient (Wildman–Crippen LogP) is 4.21. The van der Waals surface area contributed by atoms with Crippen LogP contribution in [-0.4, -0.2) is 25.2 Å². The van der Waals surface area contributed by atoms with Crippen molar-refractivity contribution in [3.05, 3.63) is 0 Å². The third-order valence-corrected chi connectivity index (χ3v) is 5.77. The maximum atomic E-state index is 3.77. The summed E-state index contributed by atoms with van der Waals surface area (Å²) in [5, 5.41) is 7.48. The molecule has 2 N–H and O–H groups in total. The van der Waals surface area contributed by atoms with Crippen LogP contribution in [0.4, 0.5) is 0 Å². The van der Waals surface area contributed by atoms with Gasteiger partial charge in [0.15, 0.2) is 0 Å². The molecule has 0 amide bonds. The lowest BCUT2D eigenvalue weighted by Crippen LogP contribution is -2.42. The second kappa shape index (κ2) is 7.00. The van der Waals surface area contributed by atoms with Gasteiger partial charge in [-0.2, -0.15) is 0 Å². The van der Waals surface area contributed by atoms with E-state index in [9.17, 15) is 0 Å². The van der Waals surface area contributed by atoms with E-state index < -0.39 is 0 Å². The molecule has 0 aromatic carbocycles. The third-order valence-electron chi connectivity index (χ3n) is 5.77. The molecule has 0 aromatic rings. The van der Waals surface area contributed by atoms with Crippen molar-refractivity contribution in [2.45, 2.75) is 78.7 Å². The number of rotatable bonds is 10. The molecular weight excluding hydrogens is 256 g/mol. The Kier molecular flexibility index (Phi) is 5.76. The first-order valence-electron chi connectivity index (χ1n) is 9.26. The van der Waals surface area contributed by atoms with Crippen molar-refractivity contribution < 1.29 is 0 Å². The molecule has 3 rings (SSSR count). The summed E-state index contributed by atoms with van der Waals surface area (Å²) in [5.74, 6) is 2.62. The Bertz CT molecular complexity index is 310. The first-order chi connectivity index (χ1) is 9.80. The molecule has 3 aliphatic carbocycles. The predicted molar refractivity (Wildman–Crippen MR) is 92.6 cm³/mol. The average molecular weight is 295 g/mol. The Morgan fingerprint density at radius 2 is 1.86 bits per heavy atom. The lowest BCUT2D eigenvalue weighted by atomic mass is 9.69. The number of fused-ring (bicyclic) bond motifs is 1. The molecule has 2 nitrogen and oxygen atoms in total. The summed E-state index contributed by atoms with van der Waals surface area (Å²) in [5.41, 5.74) is 1.01.